The van der Waals surface area contributed by atoms with E-state index in [4.69, 9.17) is 4.74 Å². The molecule has 120 valence electrons. The maximum absolute atomic E-state index is 12.7. The summed E-state index contributed by atoms with van der Waals surface area (Å²) in [5.41, 5.74) is 1.28. The molecule has 3 rings (SSSR count). The molecule has 0 aromatic heterocycles. The van der Waals surface area contributed by atoms with Crippen molar-refractivity contribution in [2.24, 2.45) is 0 Å². The molecule has 1 aliphatic heterocycles. The van der Waals surface area contributed by atoms with Crippen LogP contribution in [0.3, 0.4) is 0 Å². The molecule has 0 spiro atoms. The zero-order valence-corrected chi connectivity index (χ0v) is 13.1. The molecule has 0 bridgehead atoms. The molecular weight excluding hydrogens is 306 g/mol. The lowest BCUT2D eigenvalue weighted by Crippen LogP contribution is -2.36. The first-order valence-electron chi connectivity index (χ1n) is 7.35. The Labute approximate surface area is 139 Å². The third-order valence-corrected chi connectivity index (χ3v) is 3.98. The van der Waals surface area contributed by atoms with Crippen LogP contribution in [0.4, 0.5) is 0 Å². The molecule has 2 aromatic rings. The summed E-state index contributed by atoms with van der Waals surface area (Å²) in [4.78, 5) is 38.6. The zero-order chi connectivity index (χ0) is 17.3. The third-order valence-electron chi connectivity index (χ3n) is 3.98. The Kier molecular flexibility index (Phi) is 4.00. The second-order valence-corrected chi connectivity index (χ2v) is 5.36. The average molecular weight is 321 g/mol. The Morgan fingerprint density at radius 3 is 1.96 bits per heavy atom. The van der Waals surface area contributed by atoms with Crippen molar-refractivity contribution in [3.63, 3.8) is 0 Å². The van der Waals surface area contributed by atoms with Gasteiger partial charge in [-0.05, 0) is 17.7 Å². The van der Waals surface area contributed by atoms with E-state index in [-0.39, 0.29) is 5.57 Å². The number of fused-ring (bicyclic) bond motifs is 1. The van der Waals surface area contributed by atoms with Crippen LogP contribution in [0, 0.1) is 0 Å². The highest BCUT2D eigenvalue weighted by Gasteiger charge is 2.42. The molecule has 0 radical (unpaired) electrons. The Morgan fingerprint density at radius 2 is 1.46 bits per heavy atom. The Hall–Kier alpha value is -3.21. The molecule has 1 heterocycles. The fourth-order valence-corrected chi connectivity index (χ4v) is 2.83. The summed E-state index contributed by atoms with van der Waals surface area (Å²) in [6.07, 6.45) is 0. The van der Waals surface area contributed by atoms with Crippen molar-refractivity contribution >= 4 is 17.8 Å². The summed E-state index contributed by atoms with van der Waals surface area (Å²) in [5.74, 6) is -1.57. The second-order valence-electron chi connectivity index (χ2n) is 5.36. The Bertz CT molecular complexity index is 806. The van der Waals surface area contributed by atoms with Crippen LogP contribution >= 0.6 is 0 Å². The predicted molar refractivity (Wildman–Crippen MR) is 87.3 cm³/mol. The van der Waals surface area contributed by atoms with Crippen molar-refractivity contribution in [1.82, 2.24) is 4.90 Å². The molecule has 0 fully saturated rings. The quantitative estimate of drug-likeness (QED) is 0.493. The van der Waals surface area contributed by atoms with Gasteiger partial charge in [0.1, 0.15) is 0 Å². The molecule has 0 N–H and O–H groups in total. The number of carbonyl (C=O) groups is 3. The molecule has 2 aromatic carbocycles. The topological polar surface area (TPSA) is 63.7 Å². The van der Waals surface area contributed by atoms with Crippen LogP contribution in [0.2, 0.25) is 0 Å². The number of esters is 1. The van der Waals surface area contributed by atoms with E-state index in [2.05, 4.69) is 6.58 Å². The maximum atomic E-state index is 12.7. The van der Waals surface area contributed by atoms with Crippen LogP contribution in [0.15, 0.2) is 66.7 Å². The molecule has 0 aliphatic carbocycles. The number of carbonyl (C=O) groups excluding carboxylic acids is 3. The first-order chi connectivity index (χ1) is 11.6. The molecule has 5 heteroatoms. The fraction of sp³-hybridized carbons (Fsp3) is 0.105. The lowest BCUT2D eigenvalue weighted by Gasteiger charge is -2.27. The van der Waals surface area contributed by atoms with Gasteiger partial charge in [-0.25, -0.2) is 4.79 Å². The minimum absolute atomic E-state index is 0.0261. The normalized spacial score (nSPS) is 14.3. The summed E-state index contributed by atoms with van der Waals surface area (Å²) >= 11 is 0. The summed E-state index contributed by atoms with van der Waals surface area (Å²) in [6, 6.07) is 14.5. The monoisotopic (exact) mass is 321 g/mol. The van der Waals surface area contributed by atoms with Crippen molar-refractivity contribution in [3.8, 4) is 0 Å². The standard InChI is InChI=1S/C19H15NO4/c1-12(19(23)24-2)16(13-8-4-3-5-9-13)20-17(21)14-10-6-7-11-15(14)18(20)22/h3-11,16H,1H2,2H3. The summed E-state index contributed by atoms with van der Waals surface area (Å²) in [5, 5.41) is 0. The second kappa shape index (κ2) is 6.12. The summed E-state index contributed by atoms with van der Waals surface area (Å²) in [7, 11) is 1.23. The number of benzene rings is 2. The van der Waals surface area contributed by atoms with Crippen LogP contribution in [-0.2, 0) is 9.53 Å². The van der Waals surface area contributed by atoms with Gasteiger partial charge in [-0.15, -0.1) is 0 Å². The minimum atomic E-state index is -0.911. The van der Waals surface area contributed by atoms with E-state index in [0.717, 1.165) is 4.90 Å². The lowest BCUT2D eigenvalue weighted by atomic mass is 9.98. The number of imide groups is 1. The van der Waals surface area contributed by atoms with E-state index in [1.54, 1.807) is 48.5 Å². The first-order valence-corrected chi connectivity index (χ1v) is 7.35. The lowest BCUT2D eigenvalue weighted by molar-refractivity contribution is -0.136. The molecule has 5 nitrogen and oxygen atoms in total. The van der Waals surface area contributed by atoms with Crippen LogP contribution in [0.1, 0.15) is 32.3 Å². The Morgan fingerprint density at radius 1 is 0.958 bits per heavy atom. The van der Waals surface area contributed by atoms with E-state index >= 15 is 0 Å². The predicted octanol–water partition coefficient (Wildman–Crippen LogP) is 2.75. The molecule has 0 saturated carbocycles. The number of hydrogen-bond donors (Lipinski definition) is 0. The average Bonchev–Trinajstić information content (AvgIpc) is 2.87. The van der Waals surface area contributed by atoms with Gasteiger partial charge >= 0.3 is 5.97 Å². The van der Waals surface area contributed by atoms with Gasteiger partial charge in [0, 0.05) is 0 Å². The van der Waals surface area contributed by atoms with Gasteiger partial charge in [0.25, 0.3) is 11.8 Å². The highest BCUT2D eigenvalue weighted by molar-refractivity contribution is 6.22. The first kappa shape index (κ1) is 15.7. The van der Waals surface area contributed by atoms with Crippen LogP contribution < -0.4 is 0 Å². The molecule has 2 amide bonds. The SMILES string of the molecule is C=C(C(=O)OC)C(c1ccccc1)N1C(=O)c2ccccc2C1=O. The molecule has 1 unspecified atom stereocenters. The summed E-state index contributed by atoms with van der Waals surface area (Å²) < 4.78 is 4.73. The van der Waals surface area contributed by atoms with Crippen molar-refractivity contribution in [1.29, 1.82) is 0 Å². The van der Waals surface area contributed by atoms with Gasteiger partial charge in [0.15, 0.2) is 0 Å². The molecule has 0 saturated heterocycles. The van der Waals surface area contributed by atoms with E-state index in [9.17, 15) is 14.4 Å². The fourth-order valence-electron chi connectivity index (χ4n) is 2.83. The highest BCUT2D eigenvalue weighted by Crippen LogP contribution is 2.35. The molecular formula is C19H15NO4. The third kappa shape index (κ3) is 2.40. The Balaban J connectivity index is 2.11. The molecule has 1 atom stereocenters. The van der Waals surface area contributed by atoms with Crippen molar-refractivity contribution in [2.45, 2.75) is 6.04 Å². The number of amides is 2. The van der Waals surface area contributed by atoms with E-state index in [1.165, 1.54) is 7.11 Å². The van der Waals surface area contributed by atoms with Gasteiger partial charge in [-0.2, -0.15) is 0 Å². The number of methoxy groups -OCH3 is 1. The van der Waals surface area contributed by atoms with Crippen molar-refractivity contribution < 1.29 is 19.1 Å². The molecule has 24 heavy (non-hydrogen) atoms. The molecule has 1 aliphatic rings. The van der Waals surface area contributed by atoms with Gasteiger partial charge < -0.3 is 4.74 Å². The summed E-state index contributed by atoms with van der Waals surface area (Å²) in [6.45, 7) is 3.76. The smallest absolute Gasteiger partial charge is 0.335 e. The van der Waals surface area contributed by atoms with Crippen molar-refractivity contribution in [3.05, 3.63) is 83.4 Å². The number of ether oxygens (including phenoxy) is 1. The van der Waals surface area contributed by atoms with Gasteiger partial charge in [-0.3, -0.25) is 14.5 Å². The van der Waals surface area contributed by atoms with Gasteiger partial charge in [0.05, 0.1) is 29.9 Å². The van der Waals surface area contributed by atoms with Crippen LogP contribution in [0.25, 0.3) is 0 Å². The van der Waals surface area contributed by atoms with Crippen LogP contribution in [0.5, 0.6) is 0 Å². The number of rotatable bonds is 4. The van der Waals surface area contributed by atoms with Crippen LogP contribution in [-0.4, -0.2) is 29.8 Å². The highest BCUT2D eigenvalue weighted by atomic mass is 16.5. The maximum Gasteiger partial charge on any atom is 0.335 e. The van der Waals surface area contributed by atoms with Crippen molar-refractivity contribution in [2.75, 3.05) is 7.11 Å². The minimum Gasteiger partial charge on any atom is -0.466 e. The number of nitrogens with zero attached hydrogens (tertiary/aromatic N) is 1. The van der Waals surface area contributed by atoms with Gasteiger partial charge in [0.2, 0.25) is 0 Å². The van der Waals surface area contributed by atoms with E-state index in [0.29, 0.717) is 16.7 Å². The van der Waals surface area contributed by atoms with E-state index in [1.807, 2.05) is 6.07 Å². The largest absolute Gasteiger partial charge is 0.466 e. The van der Waals surface area contributed by atoms with E-state index < -0.39 is 23.8 Å². The number of hydrogen-bond acceptors (Lipinski definition) is 4. The zero-order valence-electron chi connectivity index (χ0n) is 13.1. The van der Waals surface area contributed by atoms with Gasteiger partial charge in [-0.1, -0.05) is 49.0 Å².